The largest absolute Gasteiger partial charge is 0.481 e. The fourth-order valence-corrected chi connectivity index (χ4v) is 1.80. The van der Waals surface area contributed by atoms with Crippen molar-refractivity contribution in [1.82, 2.24) is 0 Å². The Morgan fingerprint density at radius 3 is 2.24 bits per heavy atom. The molecule has 1 rings (SSSR count). The monoisotopic (exact) mass is 236 g/mol. The topological polar surface area (TPSA) is 74.6 Å². The van der Waals surface area contributed by atoms with E-state index in [2.05, 4.69) is 0 Å². The lowest BCUT2D eigenvalue weighted by Gasteiger charge is -2.13. The molecule has 0 aromatic heterocycles. The van der Waals surface area contributed by atoms with Crippen LogP contribution in [0.1, 0.15) is 36.8 Å². The highest BCUT2D eigenvalue weighted by atomic mass is 16.4. The number of carbonyl (C=O) groups is 2. The molecule has 1 aromatic rings. The van der Waals surface area contributed by atoms with Crippen molar-refractivity contribution in [3.8, 4) is 0 Å². The number of benzene rings is 1. The minimum Gasteiger partial charge on any atom is -0.481 e. The van der Waals surface area contributed by atoms with Crippen molar-refractivity contribution >= 4 is 11.9 Å². The average molecular weight is 236 g/mol. The van der Waals surface area contributed by atoms with Crippen LogP contribution in [-0.4, -0.2) is 22.2 Å². The quantitative estimate of drug-likeness (QED) is 0.794. The number of rotatable bonds is 6. The predicted molar refractivity (Wildman–Crippen MR) is 63.1 cm³/mol. The Labute approximate surface area is 99.9 Å². The minimum atomic E-state index is -0.974. The van der Waals surface area contributed by atoms with E-state index in [-0.39, 0.29) is 12.8 Å². The first-order valence-corrected chi connectivity index (χ1v) is 5.55. The first kappa shape index (κ1) is 13.2. The molecule has 92 valence electrons. The zero-order valence-electron chi connectivity index (χ0n) is 9.72. The first-order valence-electron chi connectivity index (χ1n) is 5.55. The molecule has 0 bridgehead atoms. The molecule has 0 saturated heterocycles. The Morgan fingerprint density at radius 2 is 1.76 bits per heavy atom. The van der Waals surface area contributed by atoms with Crippen LogP contribution < -0.4 is 0 Å². The Morgan fingerprint density at radius 1 is 1.18 bits per heavy atom. The minimum absolute atomic E-state index is 0.153. The molecule has 0 atom stereocenters. The summed E-state index contributed by atoms with van der Waals surface area (Å²) in [4.78, 5) is 21.5. The third-order valence-corrected chi connectivity index (χ3v) is 2.67. The molecule has 4 nitrogen and oxygen atoms in total. The van der Waals surface area contributed by atoms with Crippen molar-refractivity contribution in [3.05, 3.63) is 35.4 Å². The van der Waals surface area contributed by atoms with Crippen molar-refractivity contribution < 1.29 is 19.8 Å². The van der Waals surface area contributed by atoms with Crippen molar-refractivity contribution in [3.63, 3.8) is 0 Å². The zero-order chi connectivity index (χ0) is 12.8. The highest BCUT2D eigenvalue weighted by molar-refractivity contribution is 5.72. The van der Waals surface area contributed by atoms with E-state index in [1.807, 2.05) is 25.1 Å². The maximum Gasteiger partial charge on any atom is 0.303 e. The smallest absolute Gasteiger partial charge is 0.303 e. The van der Waals surface area contributed by atoms with Crippen LogP contribution >= 0.6 is 0 Å². The molecule has 0 radical (unpaired) electrons. The van der Waals surface area contributed by atoms with Gasteiger partial charge in [0.2, 0.25) is 0 Å². The molecule has 0 amide bonds. The lowest BCUT2D eigenvalue weighted by Crippen LogP contribution is -2.11. The lowest BCUT2D eigenvalue weighted by atomic mass is 9.91. The van der Waals surface area contributed by atoms with Crippen LogP contribution in [0.2, 0.25) is 0 Å². The van der Waals surface area contributed by atoms with Gasteiger partial charge in [0.1, 0.15) is 0 Å². The van der Waals surface area contributed by atoms with Gasteiger partial charge in [-0.1, -0.05) is 31.2 Å². The van der Waals surface area contributed by atoms with Gasteiger partial charge in [-0.05, 0) is 17.5 Å². The van der Waals surface area contributed by atoms with E-state index in [9.17, 15) is 9.59 Å². The SMILES string of the molecule is CCc1cccc(C(CC(=O)O)CC(=O)O)c1. The van der Waals surface area contributed by atoms with Crippen LogP contribution in [0.25, 0.3) is 0 Å². The second kappa shape index (κ2) is 6.03. The third kappa shape index (κ3) is 4.26. The zero-order valence-corrected chi connectivity index (χ0v) is 9.72. The van der Waals surface area contributed by atoms with Gasteiger partial charge in [-0.15, -0.1) is 0 Å². The summed E-state index contributed by atoms with van der Waals surface area (Å²) < 4.78 is 0. The van der Waals surface area contributed by atoms with E-state index in [1.165, 1.54) is 0 Å². The molecule has 0 fully saturated rings. The van der Waals surface area contributed by atoms with Gasteiger partial charge in [-0.25, -0.2) is 0 Å². The highest BCUT2D eigenvalue weighted by Crippen LogP contribution is 2.24. The fraction of sp³-hybridized carbons (Fsp3) is 0.385. The van der Waals surface area contributed by atoms with Gasteiger partial charge in [0.05, 0.1) is 12.8 Å². The third-order valence-electron chi connectivity index (χ3n) is 2.67. The lowest BCUT2D eigenvalue weighted by molar-refractivity contribution is -0.139. The molecular formula is C13H16O4. The molecule has 0 aliphatic carbocycles. The van der Waals surface area contributed by atoms with E-state index in [0.29, 0.717) is 0 Å². The molecule has 17 heavy (non-hydrogen) atoms. The van der Waals surface area contributed by atoms with Crippen LogP contribution in [0.5, 0.6) is 0 Å². The van der Waals surface area contributed by atoms with Gasteiger partial charge in [-0.3, -0.25) is 9.59 Å². The normalized spacial score (nSPS) is 10.5. The van der Waals surface area contributed by atoms with Crippen LogP contribution in [0.4, 0.5) is 0 Å². The summed E-state index contributed by atoms with van der Waals surface area (Å²) in [7, 11) is 0. The first-order chi connectivity index (χ1) is 8.02. The second-order valence-electron chi connectivity index (χ2n) is 3.99. The Hall–Kier alpha value is -1.84. The molecule has 0 aliphatic rings. The van der Waals surface area contributed by atoms with Crippen LogP contribution in [0.3, 0.4) is 0 Å². The molecule has 1 aromatic carbocycles. The molecule has 0 aliphatic heterocycles. The van der Waals surface area contributed by atoms with Gasteiger partial charge >= 0.3 is 11.9 Å². The van der Waals surface area contributed by atoms with Crippen molar-refractivity contribution in [2.75, 3.05) is 0 Å². The van der Waals surface area contributed by atoms with Crippen molar-refractivity contribution in [2.24, 2.45) is 0 Å². The number of aryl methyl sites for hydroxylation is 1. The highest BCUT2D eigenvalue weighted by Gasteiger charge is 2.19. The van der Waals surface area contributed by atoms with E-state index >= 15 is 0 Å². The summed E-state index contributed by atoms with van der Waals surface area (Å²) in [5.74, 6) is -2.41. The van der Waals surface area contributed by atoms with E-state index < -0.39 is 17.9 Å². The standard InChI is InChI=1S/C13H16O4/c1-2-9-4-3-5-10(6-9)11(7-12(14)15)8-13(16)17/h3-6,11H,2,7-8H2,1H3,(H,14,15)(H,16,17). The molecule has 4 heteroatoms. The predicted octanol–water partition coefficient (Wildman–Crippen LogP) is 2.28. The number of hydrogen-bond acceptors (Lipinski definition) is 2. The van der Waals surface area contributed by atoms with Gasteiger partial charge < -0.3 is 10.2 Å². The van der Waals surface area contributed by atoms with E-state index in [4.69, 9.17) is 10.2 Å². The van der Waals surface area contributed by atoms with Crippen LogP contribution in [0.15, 0.2) is 24.3 Å². The Bertz CT molecular complexity index is 396. The van der Waals surface area contributed by atoms with Gasteiger partial charge in [0, 0.05) is 5.92 Å². The van der Waals surface area contributed by atoms with Crippen molar-refractivity contribution in [2.45, 2.75) is 32.1 Å². The molecule has 2 N–H and O–H groups in total. The van der Waals surface area contributed by atoms with E-state index in [1.54, 1.807) is 6.07 Å². The number of carboxylic acid groups (broad SMARTS) is 2. The second-order valence-corrected chi connectivity index (χ2v) is 3.99. The van der Waals surface area contributed by atoms with Gasteiger partial charge in [0.15, 0.2) is 0 Å². The molecule has 0 unspecified atom stereocenters. The van der Waals surface area contributed by atoms with Crippen molar-refractivity contribution in [1.29, 1.82) is 0 Å². The number of carboxylic acids is 2. The average Bonchev–Trinajstić information content (AvgIpc) is 2.27. The molecular weight excluding hydrogens is 220 g/mol. The number of hydrogen-bond donors (Lipinski definition) is 2. The summed E-state index contributed by atoms with van der Waals surface area (Å²) in [5, 5.41) is 17.6. The fourth-order valence-electron chi connectivity index (χ4n) is 1.80. The summed E-state index contributed by atoms with van der Waals surface area (Å²) in [5.41, 5.74) is 1.87. The van der Waals surface area contributed by atoms with Gasteiger partial charge in [-0.2, -0.15) is 0 Å². The molecule has 0 heterocycles. The van der Waals surface area contributed by atoms with Crippen LogP contribution in [0, 0.1) is 0 Å². The van der Waals surface area contributed by atoms with E-state index in [0.717, 1.165) is 17.5 Å². The summed E-state index contributed by atoms with van der Waals surface area (Å²) in [6.07, 6.45) is 0.541. The number of aliphatic carboxylic acids is 2. The van der Waals surface area contributed by atoms with Gasteiger partial charge in [0.25, 0.3) is 0 Å². The Balaban J connectivity index is 2.94. The molecule has 0 saturated carbocycles. The summed E-state index contributed by atoms with van der Waals surface area (Å²) >= 11 is 0. The summed E-state index contributed by atoms with van der Waals surface area (Å²) in [6, 6.07) is 7.46. The maximum atomic E-state index is 10.7. The summed E-state index contributed by atoms with van der Waals surface area (Å²) in [6.45, 7) is 2.00. The van der Waals surface area contributed by atoms with Crippen LogP contribution in [-0.2, 0) is 16.0 Å². The Kier molecular flexibility index (Phi) is 4.69. The molecule has 0 spiro atoms. The maximum absolute atomic E-state index is 10.7.